The van der Waals surface area contributed by atoms with Gasteiger partial charge in [0.15, 0.2) is 0 Å². The fourth-order valence-corrected chi connectivity index (χ4v) is 1.92. The van der Waals surface area contributed by atoms with E-state index in [1.807, 2.05) is 24.3 Å². The summed E-state index contributed by atoms with van der Waals surface area (Å²) in [6, 6.07) is 13.6. The highest BCUT2D eigenvalue weighted by Gasteiger charge is 2.19. The third-order valence-corrected chi connectivity index (χ3v) is 2.97. The van der Waals surface area contributed by atoms with Crippen molar-refractivity contribution in [2.45, 2.75) is 0 Å². The molecule has 7 heteroatoms. The van der Waals surface area contributed by atoms with Crippen LogP contribution in [0.15, 0.2) is 52.9 Å². The molecule has 0 amide bonds. The van der Waals surface area contributed by atoms with Gasteiger partial charge >= 0.3 is 5.97 Å². The summed E-state index contributed by atoms with van der Waals surface area (Å²) < 4.78 is 4.90. The van der Waals surface area contributed by atoms with Gasteiger partial charge in [-0.1, -0.05) is 18.2 Å². The first-order chi connectivity index (χ1) is 10.9. The molecule has 1 heterocycles. The number of carbonyl (C=O) groups excluding carboxylic acids is 1. The van der Waals surface area contributed by atoms with Crippen LogP contribution in [0.4, 0.5) is 11.4 Å². The highest BCUT2D eigenvalue weighted by molar-refractivity contribution is 6.09. The number of rotatable bonds is 2. The molecule has 2 aromatic carbocycles. The average molecular weight is 314 g/mol. The number of aromatic carboxylic acids is 2. The van der Waals surface area contributed by atoms with Crippen molar-refractivity contribution in [1.82, 2.24) is 0 Å². The molecule has 6 N–H and O–H groups in total. The normalized spacial score (nSPS) is 9.96. The molecule has 0 radical (unpaired) electrons. The first kappa shape index (κ1) is 16.1. The van der Waals surface area contributed by atoms with Gasteiger partial charge in [0.1, 0.15) is 11.3 Å². The molecule has 0 aliphatic rings. The molecule has 3 aromatic rings. The molecule has 0 aliphatic carbocycles. The lowest BCUT2D eigenvalue weighted by Gasteiger charge is -1.99. The van der Waals surface area contributed by atoms with Crippen LogP contribution in [0.3, 0.4) is 0 Å². The summed E-state index contributed by atoms with van der Waals surface area (Å²) >= 11 is 0. The zero-order valence-electron chi connectivity index (χ0n) is 12.0. The van der Waals surface area contributed by atoms with E-state index >= 15 is 0 Å². The Hall–Kier alpha value is -3.32. The third-order valence-electron chi connectivity index (χ3n) is 2.97. The third kappa shape index (κ3) is 3.66. The van der Waals surface area contributed by atoms with E-state index in [0.717, 1.165) is 11.4 Å². The zero-order chi connectivity index (χ0) is 17.0. The predicted octanol–water partition coefficient (Wildman–Crippen LogP) is 0.637. The van der Waals surface area contributed by atoms with Crippen molar-refractivity contribution >= 4 is 34.3 Å². The van der Waals surface area contributed by atoms with Gasteiger partial charge in [-0.05, 0) is 18.2 Å². The number of quaternary nitrogens is 1. The maximum atomic E-state index is 10.8. The largest absolute Gasteiger partial charge is 0.545 e. The Labute approximate surface area is 130 Å². The van der Waals surface area contributed by atoms with E-state index in [4.69, 9.17) is 15.3 Å². The second-order valence-corrected chi connectivity index (χ2v) is 4.64. The van der Waals surface area contributed by atoms with Crippen molar-refractivity contribution in [2.24, 2.45) is 0 Å². The molecule has 0 spiro atoms. The van der Waals surface area contributed by atoms with E-state index in [-0.39, 0.29) is 11.0 Å². The number of furan rings is 1. The van der Waals surface area contributed by atoms with Crippen LogP contribution >= 0.6 is 0 Å². The number of nitrogen functional groups attached to an aromatic ring is 1. The number of benzene rings is 2. The Morgan fingerprint density at radius 3 is 2.22 bits per heavy atom. The molecule has 0 saturated heterocycles. The summed E-state index contributed by atoms with van der Waals surface area (Å²) in [4.78, 5) is 21.5. The molecule has 0 atom stereocenters. The zero-order valence-corrected chi connectivity index (χ0v) is 12.0. The first-order valence-electron chi connectivity index (χ1n) is 6.54. The van der Waals surface area contributed by atoms with Crippen molar-refractivity contribution < 1.29 is 30.0 Å². The van der Waals surface area contributed by atoms with Gasteiger partial charge in [-0.15, -0.1) is 0 Å². The molecule has 118 valence electrons. The Morgan fingerprint density at radius 2 is 1.70 bits per heavy atom. The van der Waals surface area contributed by atoms with Crippen LogP contribution in [0.5, 0.6) is 0 Å². The van der Waals surface area contributed by atoms with E-state index in [9.17, 15) is 14.7 Å². The lowest BCUT2D eigenvalue weighted by molar-refractivity contribution is -0.255. The Morgan fingerprint density at radius 1 is 1.09 bits per heavy atom. The Balaban J connectivity index is 0.000000203. The lowest BCUT2D eigenvalue weighted by atomic mass is 10.1. The van der Waals surface area contributed by atoms with Crippen molar-refractivity contribution in [1.29, 1.82) is 0 Å². The fraction of sp³-hybridized carbons (Fsp3) is 0. The van der Waals surface area contributed by atoms with Gasteiger partial charge in [-0.2, -0.15) is 0 Å². The number of carboxylic acid groups (broad SMARTS) is 2. The molecule has 0 saturated carbocycles. The van der Waals surface area contributed by atoms with Crippen molar-refractivity contribution in [3.05, 3.63) is 59.9 Å². The highest BCUT2D eigenvalue weighted by Crippen LogP contribution is 2.25. The molecule has 1 aromatic heterocycles. The van der Waals surface area contributed by atoms with Crippen LogP contribution in [0.1, 0.15) is 20.9 Å². The Bertz CT molecular complexity index is 832. The van der Waals surface area contributed by atoms with E-state index in [1.54, 1.807) is 12.1 Å². The van der Waals surface area contributed by atoms with Gasteiger partial charge in [0.25, 0.3) is 0 Å². The number of hydrogen-bond donors (Lipinski definition) is 3. The molecule has 0 fully saturated rings. The first-order valence-corrected chi connectivity index (χ1v) is 6.54. The molecule has 0 aliphatic heterocycles. The van der Waals surface area contributed by atoms with Crippen LogP contribution < -0.4 is 16.6 Å². The lowest BCUT2D eigenvalue weighted by Crippen LogP contribution is -2.39. The maximum Gasteiger partial charge on any atom is 0.372 e. The summed E-state index contributed by atoms with van der Waals surface area (Å²) in [5.74, 6) is -3.58. The minimum Gasteiger partial charge on any atom is -0.545 e. The smallest absolute Gasteiger partial charge is 0.372 e. The summed E-state index contributed by atoms with van der Waals surface area (Å²) in [7, 11) is 0. The van der Waals surface area contributed by atoms with Crippen LogP contribution in [-0.4, -0.2) is 17.0 Å². The second-order valence-electron chi connectivity index (χ2n) is 4.64. The quantitative estimate of drug-likeness (QED) is 0.592. The van der Waals surface area contributed by atoms with Crippen LogP contribution in [0, 0.1) is 0 Å². The maximum absolute atomic E-state index is 10.8. The van der Waals surface area contributed by atoms with Crippen LogP contribution in [0.25, 0.3) is 11.0 Å². The number of hydrogen-bond acceptors (Lipinski definition) is 5. The van der Waals surface area contributed by atoms with Gasteiger partial charge in [0, 0.05) is 23.2 Å². The highest BCUT2D eigenvalue weighted by atomic mass is 16.4. The molecular weight excluding hydrogens is 300 g/mol. The molecule has 0 bridgehead atoms. The minimum absolute atomic E-state index is 0.217. The number of carboxylic acids is 2. The standard InChI is InChI=1S/C10H6O5.C6H8N2/c11-9(12)7-5-3-1-2-4-6(5)15-8(7)10(13)14;7-5-1-2-6(8)4-3-5/h1-4H,(H,11,12)(H,13,14);1-4H,7-8H2. The van der Waals surface area contributed by atoms with Gasteiger partial charge in [0.2, 0.25) is 5.76 Å². The van der Waals surface area contributed by atoms with E-state index < -0.39 is 23.3 Å². The summed E-state index contributed by atoms with van der Waals surface area (Å²) in [5.41, 5.74) is 10.7. The van der Waals surface area contributed by atoms with Gasteiger partial charge < -0.3 is 30.9 Å². The SMILES string of the molecule is Nc1ccc([NH3+])cc1.O=C(O)c1oc2ccccc2c1C(=O)[O-]. The number of para-hydroxylation sites is 1. The minimum atomic E-state index is -1.56. The summed E-state index contributed by atoms with van der Waals surface area (Å²) in [6.45, 7) is 0. The summed E-state index contributed by atoms with van der Waals surface area (Å²) in [6.07, 6.45) is 0. The predicted molar refractivity (Wildman–Crippen MR) is 80.9 cm³/mol. The van der Waals surface area contributed by atoms with E-state index in [0.29, 0.717) is 0 Å². The molecular formula is C16H14N2O5. The number of carbonyl (C=O) groups is 2. The molecule has 23 heavy (non-hydrogen) atoms. The number of anilines is 1. The van der Waals surface area contributed by atoms with E-state index in [2.05, 4.69) is 5.73 Å². The monoisotopic (exact) mass is 314 g/mol. The van der Waals surface area contributed by atoms with E-state index in [1.165, 1.54) is 12.1 Å². The fourth-order valence-electron chi connectivity index (χ4n) is 1.92. The van der Waals surface area contributed by atoms with Gasteiger partial charge in [0.05, 0.1) is 11.5 Å². The van der Waals surface area contributed by atoms with Crippen LogP contribution in [0.2, 0.25) is 0 Å². The van der Waals surface area contributed by atoms with Gasteiger partial charge in [-0.25, -0.2) is 4.79 Å². The van der Waals surface area contributed by atoms with Crippen molar-refractivity contribution in [3.63, 3.8) is 0 Å². The second kappa shape index (κ2) is 6.63. The van der Waals surface area contributed by atoms with Crippen molar-refractivity contribution in [2.75, 3.05) is 5.73 Å². The summed E-state index contributed by atoms with van der Waals surface area (Å²) in [5, 5.41) is 19.7. The topological polar surface area (TPSA) is 144 Å². The number of fused-ring (bicyclic) bond motifs is 1. The van der Waals surface area contributed by atoms with Gasteiger partial charge in [-0.3, -0.25) is 0 Å². The molecule has 0 unspecified atom stereocenters. The molecule has 7 nitrogen and oxygen atoms in total. The Kier molecular flexibility index (Phi) is 4.63. The molecule has 3 rings (SSSR count). The van der Waals surface area contributed by atoms with Crippen molar-refractivity contribution in [3.8, 4) is 0 Å². The van der Waals surface area contributed by atoms with Crippen LogP contribution in [-0.2, 0) is 0 Å². The number of nitrogens with two attached hydrogens (primary N) is 1. The average Bonchev–Trinajstić information content (AvgIpc) is 2.91.